The first kappa shape index (κ1) is 9.00. The van der Waals surface area contributed by atoms with Gasteiger partial charge in [-0.15, -0.1) is 0 Å². The fourth-order valence-corrected chi connectivity index (χ4v) is 1.05. The smallest absolute Gasteiger partial charge is 0.120 e. The van der Waals surface area contributed by atoms with E-state index in [1.165, 1.54) is 0 Å². The van der Waals surface area contributed by atoms with Gasteiger partial charge in [0.15, 0.2) is 0 Å². The molecule has 0 aliphatic carbocycles. The summed E-state index contributed by atoms with van der Waals surface area (Å²) < 4.78 is 12.1. The van der Waals surface area contributed by atoms with Crippen LogP contribution in [0, 0.1) is 6.92 Å². The molecule has 0 fully saturated rings. The number of phenols is 1. The number of hydrogen-bond acceptors (Lipinski definition) is 2. The van der Waals surface area contributed by atoms with E-state index in [1.807, 2.05) is 6.92 Å². The Labute approximate surface area is 70.8 Å². The molecule has 0 aliphatic rings. The SMILES string of the molecule is Cc1ccc([C@@H](N)CF)c(O)c1. The molecular formula is C9H12FNO. The highest BCUT2D eigenvalue weighted by atomic mass is 19.1. The molecule has 0 unspecified atom stereocenters. The summed E-state index contributed by atoms with van der Waals surface area (Å²) in [6, 6.07) is 4.30. The van der Waals surface area contributed by atoms with Crippen LogP contribution in [0.2, 0.25) is 0 Å². The van der Waals surface area contributed by atoms with Crippen molar-refractivity contribution in [3.63, 3.8) is 0 Å². The van der Waals surface area contributed by atoms with Crippen LogP contribution in [0.4, 0.5) is 4.39 Å². The number of nitrogens with two attached hydrogens (primary N) is 1. The first-order valence-electron chi connectivity index (χ1n) is 3.76. The van der Waals surface area contributed by atoms with Crippen LogP contribution < -0.4 is 5.73 Å². The molecule has 3 N–H and O–H groups in total. The highest BCUT2D eigenvalue weighted by Gasteiger charge is 2.09. The van der Waals surface area contributed by atoms with Crippen LogP contribution in [0.15, 0.2) is 18.2 Å². The van der Waals surface area contributed by atoms with E-state index in [4.69, 9.17) is 5.73 Å². The molecule has 1 aromatic rings. The zero-order valence-electron chi connectivity index (χ0n) is 6.92. The Balaban J connectivity index is 3.01. The Morgan fingerprint density at radius 3 is 2.75 bits per heavy atom. The molecule has 0 aliphatic heterocycles. The summed E-state index contributed by atoms with van der Waals surface area (Å²) in [5.41, 5.74) is 6.80. The molecule has 0 radical (unpaired) electrons. The number of alkyl halides is 1. The van der Waals surface area contributed by atoms with E-state index in [1.54, 1.807) is 18.2 Å². The minimum Gasteiger partial charge on any atom is -0.508 e. The summed E-state index contributed by atoms with van der Waals surface area (Å²) in [4.78, 5) is 0. The van der Waals surface area contributed by atoms with Gasteiger partial charge in [-0.25, -0.2) is 4.39 Å². The standard InChI is InChI=1S/C9H12FNO/c1-6-2-3-7(8(11)5-10)9(12)4-6/h2-4,8,12H,5,11H2,1H3/t8-/m0/s1. The monoisotopic (exact) mass is 169 g/mol. The number of hydrogen-bond donors (Lipinski definition) is 2. The van der Waals surface area contributed by atoms with Crippen LogP contribution in [0.1, 0.15) is 17.2 Å². The van der Waals surface area contributed by atoms with Crippen molar-refractivity contribution in [1.29, 1.82) is 0 Å². The molecule has 0 aromatic heterocycles. The quantitative estimate of drug-likeness (QED) is 0.707. The van der Waals surface area contributed by atoms with E-state index in [-0.39, 0.29) is 5.75 Å². The van der Waals surface area contributed by atoms with Crippen molar-refractivity contribution < 1.29 is 9.50 Å². The van der Waals surface area contributed by atoms with E-state index in [0.717, 1.165) is 5.56 Å². The van der Waals surface area contributed by atoms with Gasteiger partial charge in [0.25, 0.3) is 0 Å². The van der Waals surface area contributed by atoms with Gasteiger partial charge in [0.1, 0.15) is 12.4 Å². The lowest BCUT2D eigenvalue weighted by molar-refractivity contribution is 0.414. The summed E-state index contributed by atoms with van der Waals surface area (Å²) in [5, 5.41) is 9.35. The molecule has 1 atom stereocenters. The predicted octanol–water partition coefficient (Wildman–Crippen LogP) is 1.67. The first-order valence-corrected chi connectivity index (χ1v) is 3.76. The van der Waals surface area contributed by atoms with Gasteiger partial charge in [-0.3, -0.25) is 0 Å². The maximum Gasteiger partial charge on any atom is 0.120 e. The van der Waals surface area contributed by atoms with Crippen molar-refractivity contribution in [3.05, 3.63) is 29.3 Å². The van der Waals surface area contributed by atoms with E-state index in [0.29, 0.717) is 5.56 Å². The highest BCUT2D eigenvalue weighted by Crippen LogP contribution is 2.23. The second-order valence-electron chi connectivity index (χ2n) is 2.82. The van der Waals surface area contributed by atoms with Crippen LogP contribution in [0.5, 0.6) is 5.75 Å². The molecule has 0 amide bonds. The Kier molecular flexibility index (Phi) is 2.65. The van der Waals surface area contributed by atoms with Crippen LogP contribution in [0.25, 0.3) is 0 Å². The summed E-state index contributed by atoms with van der Waals surface area (Å²) in [6.45, 7) is 1.20. The number of aryl methyl sites for hydroxylation is 1. The lowest BCUT2D eigenvalue weighted by Crippen LogP contribution is -2.12. The largest absolute Gasteiger partial charge is 0.508 e. The normalized spacial score (nSPS) is 12.9. The molecule has 0 heterocycles. The molecule has 12 heavy (non-hydrogen) atoms. The summed E-state index contributed by atoms with van der Waals surface area (Å²) in [6.07, 6.45) is 0. The average molecular weight is 169 g/mol. The molecule has 0 bridgehead atoms. The molecule has 3 heteroatoms. The van der Waals surface area contributed by atoms with Crippen molar-refractivity contribution in [2.45, 2.75) is 13.0 Å². The fraction of sp³-hybridized carbons (Fsp3) is 0.333. The third kappa shape index (κ3) is 1.74. The predicted molar refractivity (Wildman–Crippen MR) is 45.7 cm³/mol. The van der Waals surface area contributed by atoms with E-state index >= 15 is 0 Å². The molecular weight excluding hydrogens is 157 g/mol. The van der Waals surface area contributed by atoms with Crippen LogP contribution in [-0.4, -0.2) is 11.8 Å². The Bertz CT molecular complexity index is 275. The molecule has 1 rings (SSSR count). The van der Waals surface area contributed by atoms with Gasteiger partial charge in [0, 0.05) is 5.56 Å². The van der Waals surface area contributed by atoms with Crippen molar-refractivity contribution >= 4 is 0 Å². The Morgan fingerprint density at radius 1 is 1.58 bits per heavy atom. The second-order valence-corrected chi connectivity index (χ2v) is 2.82. The van der Waals surface area contributed by atoms with Gasteiger partial charge in [0.05, 0.1) is 6.04 Å². The number of rotatable bonds is 2. The zero-order valence-corrected chi connectivity index (χ0v) is 6.92. The Hall–Kier alpha value is -1.09. The number of benzene rings is 1. The zero-order chi connectivity index (χ0) is 9.14. The summed E-state index contributed by atoms with van der Waals surface area (Å²) >= 11 is 0. The van der Waals surface area contributed by atoms with Gasteiger partial charge in [0.2, 0.25) is 0 Å². The van der Waals surface area contributed by atoms with E-state index in [9.17, 15) is 9.50 Å². The van der Waals surface area contributed by atoms with Crippen LogP contribution >= 0.6 is 0 Å². The van der Waals surface area contributed by atoms with Crippen LogP contribution in [0.3, 0.4) is 0 Å². The first-order chi connectivity index (χ1) is 5.65. The van der Waals surface area contributed by atoms with Gasteiger partial charge in [-0.05, 0) is 18.6 Å². The van der Waals surface area contributed by atoms with Crippen molar-refractivity contribution in [2.75, 3.05) is 6.67 Å². The minimum atomic E-state index is -0.717. The van der Waals surface area contributed by atoms with Gasteiger partial charge < -0.3 is 10.8 Å². The van der Waals surface area contributed by atoms with Crippen molar-refractivity contribution in [1.82, 2.24) is 0 Å². The Morgan fingerprint density at radius 2 is 2.25 bits per heavy atom. The molecule has 0 saturated heterocycles. The summed E-state index contributed by atoms with van der Waals surface area (Å²) in [5.74, 6) is 0.0696. The third-order valence-electron chi connectivity index (χ3n) is 1.75. The second kappa shape index (κ2) is 3.54. The van der Waals surface area contributed by atoms with Gasteiger partial charge in [-0.1, -0.05) is 12.1 Å². The minimum absolute atomic E-state index is 0.0696. The van der Waals surface area contributed by atoms with Crippen LogP contribution in [-0.2, 0) is 0 Å². The molecule has 1 aromatic carbocycles. The number of halogens is 1. The van der Waals surface area contributed by atoms with Crippen molar-refractivity contribution in [2.24, 2.45) is 5.73 Å². The maximum atomic E-state index is 12.1. The van der Waals surface area contributed by atoms with E-state index in [2.05, 4.69) is 0 Å². The highest BCUT2D eigenvalue weighted by molar-refractivity contribution is 5.37. The van der Waals surface area contributed by atoms with E-state index < -0.39 is 12.7 Å². The third-order valence-corrected chi connectivity index (χ3v) is 1.75. The number of phenolic OH excluding ortho intramolecular Hbond substituents is 1. The van der Waals surface area contributed by atoms with Gasteiger partial charge >= 0.3 is 0 Å². The lowest BCUT2D eigenvalue weighted by Gasteiger charge is -2.09. The number of aromatic hydroxyl groups is 1. The van der Waals surface area contributed by atoms with Crippen molar-refractivity contribution in [3.8, 4) is 5.75 Å². The van der Waals surface area contributed by atoms with Gasteiger partial charge in [-0.2, -0.15) is 0 Å². The molecule has 66 valence electrons. The maximum absolute atomic E-state index is 12.1. The molecule has 0 saturated carbocycles. The lowest BCUT2D eigenvalue weighted by atomic mass is 10.1. The average Bonchev–Trinajstić information content (AvgIpc) is 2.03. The fourth-order valence-electron chi connectivity index (χ4n) is 1.05. The molecule has 2 nitrogen and oxygen atoms in total. The summed E-state index contributed by atoms with van der Waals surface area (Å²) in [7, 11) is 0. The molecule has 0 spiro atoms. The topological polar surface area (TPSA) is 46.2 Å².